The van der Waals surface area contributed by atoms with Crippen molar-refractivity contribution in [2.45, 2.75) is 25.1 Å². The van der Waals surface area contributed by atoms with Crippen molar-refractivity contribution < 1.29 is 18.3 Å². The van der Waals surface area contributed by atoms with Gasteiger partial charge in [-0.05, 0) is 24.6 Å². The van der Waals surface area contributed by atoms with Crippen molar-refractivity contribution in [1.29, 1.82) is 5.26 Å². The fourth-order valence-electron chi connectivity index (χ4n) is 1.54. The van der Waals surface area contributed by atoms with Crippen molar-refractivity contribution in [3.05, 3.63) is 35.4 Å². The lowest BCUT2D eigenvalue weighted by molar-refractivity contribution is 0.0696. The molecule has 7 heteroatoms. The average molecular weight is 282 g/mol. The summed E-state index contributed by atoms with van der Waals surface area (Å²) in [6.07, 6.45) is 0.0778. The van der Waals surface area contributed by atoms with Gasteiger partial charge in [0, 0.05) is 6.04 Å². The zero-order valence-corrected chi connectivity index (χ0v) is 11.1. The van der Waals surface area contributed by atoms with Crippen molar-refractivity contribution in [1.82, 2.24) is 4.72 Å². The van der Waals surface area contributed by atoms with Gasteiger partial charge in [-0.25, -0.2) is 17.9 Å². The van der Waals surface area contributed by atoms with Crippen LogP contribution in [0.25, 0.3) is 0 Å². The number of nitrogens with one attached hydrogen (secondary N) is 1. The minimum atomic E-state index is -3.59. The van der Waals surface area contributed by atoms with E-state index < -0.39 is 22.0 Å². The third-order valence-corrected chi connectivity index (χ3v) is 3.78. The predicted molar refractivity (Wildman–Crippen MR) is 68.9 cm³/mol. The van der Waals surface area contributed by atoms with Gasteiger partial charge in [0.15, 0.2) is 0 Å². The number of rotatable bonds is 6. The molecule has 0 heterocycles. The van der Waals surface area contributed by atoms with Crippen LogP contribution in [0.2, 0.25) is 0 Å². The molecular weight excluding hydrogens is 268 g/mol. The molecular formula is C12H14N2O4S. The van der Waals surface area contributed by atoms with Crippen LogP contribution in [-0.2, 0) is 15.8 Å². The molecule has 6 nitrogen and oxygen atoms in total. The fourth-order valence-corrected chi connectivity index (χ4v) is 2.94. The van der Waals surface area contributed by atoms with E-state index in [9.17, 15) is 13.2 Å². The number of carbonyl (C=O) groups is 1. The number of nitrogens with zero attached hydrogens (tertiary/aromatic N) is 1. The van der Waals surface area contributed by atoms with E-state index in [1.54, 1.807) is 13.0 Å². The van der Waals surface area contributed by atoms with E-state index in [2.05, 4.69) is 4.72 Å². The number of nitriles is 1. The van der Waals surface area contributed by atoms with E-state index in [1.807, 2.05) is 6.07 Å². The summed E-state index contributed by atoms with van der Waals surface area (Å²) in [6, 6.07) is 7.14. The first-order valence-electron chi connectivity index (χ1n) is 5.53. The lowest BCUT2D eigenvalue weighted by Crippen LogP contribution is -2.33. The average Bonchev–Trinajstić information content (AvgIpc) is 2.27. The van der Waals surface area contributed by atoms with Crippen LogP contribution in [0, 0.1) is 11.3 Å². The molecule has 2 N–H and O–H groups in total. The van der Waals surface area contributed by atoms with Gasteiger partial charge in [0.1, 0.15) is 0 Å². The van der Waals surface area contributed by atoms with Gasteiger partial charge in [0.05, 0.1) is 23.8 Å². The number of carboxylic acids is 1. The van der Waals surface area contributed by atoms with Gasteiger partial charge in [-0.2, -0.15) is 5.26 Å². The van der Waals surface area contributed by atoms with Gasteiger partial charge in [-0.3, -0.25) is 0 Å². The third-order valence-electron chi connectivity index (χ3n) is 2.31. The van der Waals surface area contributed by atoms with Crippen LogP contribution in [-0.4, -0.2) is 25.5 Å². The highest BCUT2D eigenvalue weighted by molar-refractivity contribution is 7.88. The number of hydrogen-bond donors (Lipinski definition) is 2. The highest BCUT2D eigenvalue weighted by Gasteiger charge is 2.16. The van der Waals surface area contributed by atoms with Gasteiger partial charge in [0.25, 0.3) is 0 Å². The quantitative estimate of drug-likeness (QED) is 0.812. The van der Waals surface area contributed by atoms with E-state index >= 15 is 0 Å². The molecule has 0 amide bonds. The maximum Gasteiger partial charge on any atom is 0.335 e. The molecule has 1 aromatic rings. The number of hydrogen-bond acceptors (Lipinski definition) is 4. The summed E-state index contributed by atoms with van der Waals surface area (Å²) in [5, 5.41) is 17.3. The zero-order chi connectivity index (χ0) is 14.5. The Balaban J connectivity index is 2.81. The number of sulfonamides is 1. The maximum absolute atomic E-state index is 11.8. The molecule has 0 saturated carbocycles. The summed E-state index contributed by atoms with van der Waals surface area (Å²) in [7, 11) is -3.59. The molecule has 1 aromatic carbocycles. The predicted octanol–water partition coefficient (Wildman–Crippen LogP) is 1.11. The van der Waals surface area contributed by atoms with Crippen molar-refractivity contribution in [3.63, 3.8) is 0 Å². The lowest BCUT2D eigenvalue weighted by atomic mass is 10.1. The molecule has 0 bridgehead atoms. The van der Waals surface area contributed by atoms with E-state index in [4.69, 9.17) is 10.4 Å². The summed E-state index contributed by atoms with van der Waals surface area (Å²) in [6.45, 7) is 1.59. The van der Waals surface area contributed by atoms with Crippen LogP contribution < -0.4 is 4.72 Å². The molecule has 19 heavy (non-hydrogen) atoms. The Morgan fingerprint density at radius 3 is 2.79 bits per heavy atom. The Kier molecular flexibility index (Phi) is 5.03. The summed E-state index contributed by atoms with van der Waals surface area (Å²) in [4.78, 5) is 10.8. The van der Waals surface area contributed by atoms with E-state index in [0.717, 1.165) is 0 Å². The molecule has 0 aliphatic heterocycles. The Bertz CT molecular complexity index is 604. The van der Waals surface area contributed by atoms with Crippen molar-refractivity contribution in [2.24, 2.45) is 0 Å². The van der Waals surface area contributed by atoms with Gasteiger partial charge in [0.2, 0.25) is 10.0 Å². The van der Waals surface area contributed by atoms with Crippen molar-refractivity contribution in [2.75, 3.05) is 0 Å². The van der Waals surface area contributed by atoms with Crippen LogP contribution in [0.3, 0.4) is 0 Å². The highest BCUT2D eigenvalue weighted by Crippen LogP contribution is 2.09. The van der Waals surface area contributed by atoms with Crippen molar-refractivity contribution in [3.8, 4) is 6.07 Å². The van der Waals surface area contributed by atoms with Crippen LogP contribution in [0.5, 0.6) is 0 Å². The molecule has 0 fully saturated rings. The Hall–Kier alpha value is -1.91. The molecule has 0 aliphatic carbocycles. The largest absolute Gasteiger partial charge is 0.478 e. The molecule has 0 radical (unpaired) electrons. The topological polar surface area (TPSA) is 107 Å². The first-order valence-corrected chi connectivity index (χ1v) is 7.18. The van der Waals surface area contributed by atoms with E-state index in [0.29, 0.717) is 5.56 Å². The molecule has 0 spiro atoms. The van der Waals surface area contributed by atoms with Gasteiger partial charge in [-0.15, -0.1) is 0 Å². The van der Waals surface area contributed by atoms with Crippen LogP contribution >= 0.6 is 0 Å². The monoisotopic (exact) mass is 282 g/mol. The van der Waals surface area contributed by atoms with Crippen LogP contribution in [0.1, 0.15) is 29.3 Å². The second-order valence-electron chi connectivity index (χ2n) is 4.15. The smallest absolute Gasteiger partial charge is 0.335 e. The SMILES string of the molecule is CC(CC#N)NS(=O)(=O)Cc1cccc(C(=O)O)c1. The molecule has 0 saturated heterocycles. The van der Waals surface area contributed by atoms with Crippen LogP contribution in [0.15, 0.2) is 24.3 Å². The second-order valence-corrected chi connectivity index (χ2v) is 5.90. The summed E-state index contributed by atoms with van der Waals surface area (Å²) < 4.78 is 26.0. The zero-order valence-electron chi connectivity index (χ0n) is 10.3. The Morgan fingerprint density at radius 2 is 2.21 bits per heavy atom. The standard InChI is InChI=1S/C12H14N2O4S/c1-9(5-6-13)14-19(17,18)8-10-3-2-4-11(7-10)12(15)16/h2-4,7,9,14H,5,8H2,1H3,(H,15,16). The minimum Gasteiger partial charge on any atom is -0.478 e. The van der Waals surface area contributed by atoms with Crippen LogP contribution in [0.4, 0.5) is 0 Å². The highest BCUT2D eigenvalue weighted by atomic mass is 32.2. The summed E-state index contributed by atoms with van der Waals surface area (Å²) >= 11 is 0. The van der Waals surface area contributed by atoms with E-state index in [-0.39, 0.29) is 17.7 Å². The molecule has 1 atom stereocenters. The summed E-state index contributed by atoms with van der Waals surface area (Å²) in [5.74, 6) is -1.42. The van der Waals surface area contributed by atoms with E-state index in [1.165, 1.54) is 18.2 Å². The number of carboxylic acid groups (broad SMARTS) is 1. The molecule has 0 aromatic heterocycles. The minimum absolute atomic E-state index is 0.0396. The molecule has 1 unspecified atom stereocenters. The molecule has 1 rings (SSSR count). The van der Waals surface area contributed by atoms with Gasteiger partial charge >= 0.3 is 5.97 Å². The molecule has 0 aliphatic rings. The Morgan fingerprint density at radius 1 is 1.53 bits per heavy atom. The Labute approximate surface area is 111 Å². The van der Waals surface area contributed by atoms with Gasteiger partial charge < -0.3 is 5.11 Å². The normalized spacial score (nSPS) is 12.6. The second kappa shape index (κ2) is 6.31. The number of benzene rings is 1. The first kappa shape index (κ1) is 15.1. The lowest BCUT2D eigenvalue weighted by Gasteiger charge is -2.11. The van der Waals surface area contributed by atoms with Crippen molar-refractivity contribution >= 4 is 16.0 Å². The first-order chi connectivity index (χ1) is 8.84. The molecule has 102 valence electrons. The maximum atomic E-state index is 11.8. The summed E-state index contributed by atoms with van der Waals surface area (Å²) in [5.41, 5.74) is 0.425. The van der Waals surface area contributed by atoms with Gasteiger partial charge in [-0.1, -0.05) is 12.1 Å². The number of aromatic carboxylic acids is 1. The fraction of sp³-hybridized carbons (Fsp3) is 0.333. The third kappa shape index (κ3) is 5.07.